The third-order valence-electron chi connectivity index (χ3n) is 4.47. The first-order valence-corrected chi connectivity index (χ1v) is 8.63. The van der Waals surface area contributed by atoms with Crippen LogP contribution in [-0.2, 0) is 17.9 Å². The quantitative estimate of drug-likeness (QED) is 0.546. The molecule has 1 amide bonds. The maximum absolute atomic E-state index is 12.7. The largest absolute Gasteiger partial charge is 0.359 e. The molecule has 4 aromatic rings. The van der Waals surface area contributed by atoms with Crippen molar-refractivity contribution in [3.8, 4) is 11.3 Å². The van der Waals surface area contributed by atoms with Gasteiger partial charge in [0, 0.05) is 31.1 Å². The van der Waals surface area contributed by atoms with Crippen molar-refractivity contribution in [2.45, 2.75) is 20.0 Å². The van der Waals surface area contributed by atoms with E-state index in [1.807, 2.05) is 54.0 Å². The normalized spacial score (nSPS) is 11.0. The van der Waals surface area contributed by atoms with Gasteiger partial charge in [0.1, 0.15) is 18.1 Å². The Hall–Kier alpha value is -3.48. The standard InChI is InChI=1S/C20H19N5O2/c1-14-22-17-7-3-4-8-19(17)25(14)13-20(26)24(2)12-16-10-18(23-27-16)15-6-5-9-21-11-15/h3-11H,12-13H2,1-2H3. The number of nitrogens with zero attached hydrogens (tertiary/aromatic N) is 5. The van der Waals surface area contributed by atoms with Crippen molar-refractivity contribution in [1.82, 2.24) is 24.6 Å². The van der Waals surface area contributed by atoms with Crippen molar-refractivity contribution in [2.75, 3.05) is 7.05 Å². The third-order valence-corrected chi connectivity index (χ3v) is 4.47. The number of carbonyl (C=O) groups excluding carboxylic acids is 1. The summed E-state index contributed by atoms with van der Waals surface area (Å²) in [4.78, 5) is 22.9. The van der Waals surface area contributed by atoms with Crippen LogP contribution in [0.15, 0.2) is 59.4 Å². The van der Waals surface area contributed by atoms with Crippen LogP contribution >= 0.6 is 0 Å². The molecule has 0 aliphatic heterocycles. The van der Waals surface area contributed by atoms with E-state index in [0.29, 0.717) is 18.0 Å². The topological polar surface area (TPSA) is 77.1 Å². The summed E-state index contributed by atoms with van der Waals surface area (Å²) in [5.41, 5.74) is 3.43. The van der Waals surface area contributed by atoms with Gasteiger partial charge in [0.25, 0.3) is 0 Å². The number of benzene rings is 1. The summed E-state index contributed by atoms with van der Waals surface area (Å²) in [5.74, 6) is 1.41. The average Bonchev–Trinajstić information content (AvgIpc) is 3.27. The lowest BCUT2D eigenvalue weighted by Crippen LogP contribution is -2.29. The molecule has 0 aliphatic carbocycles. The first-order valence-electron chi connectivity index (χ1n) is 8.63. The Balaban J connectivity index is 1.47. The van der Waals surface area contributed by atoms with Gasteiger partial charge in [0.2, 0.25) is 5.91 Å². The van der Waals surface area contributed by atoms with Crippen molar-refractivity contribution in [3.05, 3.63) is 66.4 Å². The maximum atomic E-state index is 12.7. The van der Waals surface area contributed by atoms with Gasteiger partial charge in [-0.05, 0) is 31.2 Å². The minimum Gasteiger partial charge on any atom is -0.359 e. The average molecular weight is 361 g/mol. The van der Waals surface area contributed by atoms with E-state index in [9.17, 15) is 4.79 Å². The van der Waals surface area contributed by atoms with Gasteiger partial charge in [0.05, 0.1) is 17.6 Å². The summed E-state index contributed by atoms with van der Waals surface area (Å²) in [5, 5.41) is 4.06. The van der Waals surface area contributed by atoms with Gasteiger partial charge >= 0.3 is 0 Å². The number of rotatable bonds is 5. The van der Waals surface area contributed by atoms with Crippen LogP contribution in [0.1, 0.15) is 11.6 Å². The number of pyridine rings is 1. The third kappa shape index (κ3) is 3.44. The molecule has 0 atom stereocenters. The van der Waals surface area contributed by atoms with Crippen molar-refractivity contribution < 1.29 is 9.32 Å². The van der Waals surface area contributed by atoms with E-state index in [1.165, 1.54) is 0 Å². The molecular formula is C20H19N5O2. The van der Waals surface area contributed by atoms with Gasteiger partial charge in [-0.3, -0.25) is 9.78 Å². The second-order valence-electron chi connectivity index (χ2n) is 6.40. The molecule has 0 aliphatic rings. The van der Waals surface area contributed by atoms with Gasteiger partial charge < -0.3 is 14.0 Å². The van der Waals surface area contributed by atoms with Gasteiger partial charge in [-0.2, -0.15) is 0 Å². The Morgan fingerprint density at radius 2 is 2.07 bits per heavy atom. The second-order valence-corrected chi connectivity index (χ2v) is 6.40. The van der Waals surface area contributed by atoms with E-state index in [-0.39, 0.29) is 12.5 Å². The van der Waals surface area contributed by atoms with Gasteiger partial charge in [-0.1, -0.05) is 17.3 Å². The molecular weight excluding hydrogens is 342 g/mol. The van der Waals surface area contributed by atoms with Gasteiger partial charge in [-0.25, -0.2) is 4.98 Å². The van der Waals surface area contributed by atoms with Crippen LogP contribution in [0.25, 0.3) is 22.3 Å². The predicted octanol–water partition coefficient (Wildman–Crippen LogP) is 3.05. The number of aryl methyl sites for hydroxylation is 1. The molecule has 0 fully saturated rings. The van der Waals surface area contributed by atoms with Crippen LogP contribution in [-0.4, -0.2) is 37.5 Å². The van der Waals surface area contributed by atoms with Gasteiger partial charge in [-0.15, -0.1) is 0 Å². The smallest absolute Gasteiger partial charge is 0.242 e. The summed E-state index contributed by atoms with van der Waals surface area (Å²) in [6, 6.07) is 13.4. The molecule has 0 saturated heterocycles. The van der Waals surface area contributed by atoms with Crippen LogP contribution in [0, 0.1) is 6.92 Å². The van der Waals surface area contributed by atoms with E-state index in [2.05, 4.69) is 15.1 Å². The number of likely N-dealkylation sites (N-methyl/N-ethyl adjacent to an activating group) is 1. The maximum Gasteiger partial charge on any atom is 0.242 e. The second kappa shape index (κ2) is 7.03. The Morgan fingerprint density at radius 3 is 2.89 bits per heavy atom. The summed E-state index contributed by atoms with van der Waals surface area (Å²) in [7, 11) is 1.75. The predicted molar refractivity (Wildman–Crippen MR) is 101 cm³/mol. The number of carbonyl (C=O) groups is 1. The number of hydrogen-bond acceptors (Lipinski definition) is 5. The van der Waals surface area contributed by atoms with Crippen molar-refractivity contribution in [2.24, 2.45) is 0 Å². The van der Waals surface area contributed by atoms with E-state index in [4.69, 9.17) is 4.52 Å². The molecule has 0 unspecified atom stereocenters. The lowest BCUT2D eigenvalue weighted by Gasteiger charge is -2.16. The summed E-state index contributed by atoms with van der Waals surface area (Å²) in [6.07, 6.45) is 3.43. The summed E-state index contributed by atoms with van der Waals surface area (Å²) in [6.45, 7) is 2.48. The molecule has 0 N–H and O–H groups in total. The summed E-state index contributed by atoms with van der Waals surface area (Å²) < 4.78 is 7.30. The van der Waals surface area contributed by atoms with E-state index in [1.54, 1.807) is 24.3 Å². The molecule has 7 nitrogen and oxygen atoms in total. The Morgan fingerprint density at radius 1 is 1.22 bits per heavy atom. The number of amides is 1. The van der Waals surface area contributed by atoms with Crippen LogP contribution in [0.4, 0.5) is 0 Å². The van der Waals surface area contributed by atoms with Gasteiger partial charge in [0.15, 0.2) is 5.76 Å². The van der Waals surface area contributed by atoms with Crippen LogP contribution < -0.4 is 0 Å². The fourth-order valence-corrected chi connectivity index (χ4v) is 3.01. The molecule has 7 heteroatoms. The number of fused-ring (bicyclic) bond motifs is 1. The number of imidazole rings is 1. The molecule has 0 radical (unpaired) electrons. The molecule has 136 valence electrons. The molecule has 0 saturated carbocycles. The van der Waals surface area contributed by atoms with Crippen molar-refractivity contribution >= 4 is 16.9 Å². The van der Waals surface area contributed by atoms with E-state index in [0.717, 1.165) is 22.4 Å². The molecule has 27 heavy (non-hydrogen) atoms. The molecule has 0 spiro atoms. The molecule has 0 bridgehead atoms. The zero-order chi connectivity index (χ0) is 18.8. The van der Waals surface area contributed by atoms with Crippen molar-refractivity contribution in [3.63, 3.8) is 0 Å². The summed E-state index contributed by atoms with van der Waals surface area (Å²) >= 11 is 0. The van der Waals surface area contributed by atoms with Crippen molar-refractivity contribution in [1.29, 1.82) is 0 Å². The highest BCUT2D eigenvalue weighted by atomic mass is 16.5. The fraction of sp³-hybridized carbons (Fsp3) is 0.200. The van der Waals surface area contributed by atoms with E-state index >= 15 is 0 Å². The molecule has 3 heterocycles. The number of hydrogen-bond donors (Lipinski definition) is 0. The number of para-hydroxylation sites is 2. The Labute approximate surface area is 156 Å². The molecule has 4 rings (SSSR count). The minimum absolute atomic E-state index is 0.0272. The SMILES string of the molecule is Cc1nc2ccccc2n1CC(=O)N(C)Cc1cc(-c2cccnc2)no1. The minimum atomic E-state index is -0.0272. The first-order chi connectivity index (χ1) is 13.1. The Bertz CT molecular complexity index is 1080. The highest BCUT2D eigenvalue weighted by Crippen LogP contribution is 2.19. The monoisotopic (exact) mass is 361 g/mol. The first kappa shape index (κ1) is 17.0. The lowest BCUT2D eigenvalue weighted by atomic mass is 10.2. The lowest BCUT2D eigenvalue weighted by molar-refractivity contribution is -0.131. The Kier molecular flexibility index (Phi) is 4.42. The molecule has 1 aromatic carbocycles. The highest BCUT2D eigenvalue weighted by Gasteiger charge is 2.16. The zero-order valence-electron chi connectivity index (χ0n) is 15.2. The van der Waals surface area contributed by atoms with Crippen LogP contribution in [0.5, 0.6) is 0 Å². The molecule has 3 aromatic heterocycles. The van der Waals surface area contributed by atoms with Crippen LogP contribution in [0.3, 0.4) is 0 Å². The van der Waals surface area contributed by atoms with Crippen LogP contribution in [0.2, 0.25) is 0 Å². The van der Waals surface area contributed by atoms with E-state index < -0.39 is 0 Å². The zero-order valence-corrected chi connectivity index (χ0v) is 15.2. The number of aromatic nitrogens is 4. The fourth-order valence-electron chi connectivity index (χ4n) is 3.01. The highest BCUT2D eigenvalue weighted by molar-refractivity contribution is 5.81.